The molecule has 0 bridgehead atoms. The van der Waals surface area contributed by atoms with Crippen LogP contribution in [0.3, 0.4) is 0 Å². The van der Waals surface area contributed by atoms with Gasteiger partial charge in [-0.15, -0.1) is 0 Å². The average Bonchev–Trinajstić information content (AvgIpc) is 3.32. The van der Waals surface area contributed by atoms with Gasteiger partial charge in [-0.05, 0) is 69.3 Å². The van der Waals surface area contributed by atoms with Crippen LogP contribution in [0.1, 0.15) is 0 Å². The molecular weight excluding hydrogens is 705 g/mol. The molecule has 0 radical (unpaired) electrons. The van der Waals surface area contributed by atoms with Gasteiger partial charge in [0.25, 0.3) is 0 Å². The molecule has 0 N–H and O–H groups in total. The maximum absolute atomic E-state index is 5.23. The van der Waals surface area contributed by atoms with Crippen molar-refractivity contribution in [2.75, 3.05) is 0 Å². The van der Waals surface area contributed by atoms with Gasteiger partial charge in [-0.1, -0.05) is 182 Å². The highest BCUT2D eigenvalue weighted by atomic mass is 14.9. The SMILES string of the molecule is c1ccc(-c2ccc(-c3ccc4nc(-c5ccc(-c6ccccc6)cc5)cc(-c5ccc(-c6cc(-c7ccccc7)nc(-c7ccccc7)n6)nc5)c4c3)cc2)cc1. The Morgan fingerprint density at radius 1 is 0.259 bits per heavy atom. The lowest BCUT2D eigenvalue weighted by Gasteiger charge is -2.13. The summed E-state index contributed by atoms with van der Waals surface area (Å²) < 4.78 is 0. The highest BCUT2D eigenvalue weighted by Crippen LogP contribution is 2.37. The zero-order chi connectivity index (χ0) is 38.7. The smallest absolute Gasteiger partial charge is 0.160 e. The molecule has 0 aliphatic heterocycles. The van der Waals surface area contributed by atoms with Crippen molar-refractivity contribution >= 4 is 10.9 Å². The summed E-state index contributed by atoms with van der Waals surface area (Å²) in [7, 11) is 0. The molecular formula is C54H36N4. The Bertz CT molecular complexity index is 2930. The Morgan fingerprint density at radius 3 is 1.26 bits per heavy atom. The van der Waals surface area contributed by atoms with Gasteiger partial charge in [0.05, 0.1) is 28.3 Å². The summed E-state index contributed by atoms with van der Waals surface area (Å²) in [6.45, 7) is 0. The van der Waals surface area contributed by atoms with Crippen LogP contribution in [0.25, 0.3) is 101 Å². The normalized spacial score (nSPS) is 11.1. The Hall–Kier alpha value is -7.82. The van der Waals surface area contributed by atoms with Gasteiger partial charge < -0.3 is 0 Å². The van der Waals surface area contributed by atoms with Crippen molar-refractivity contribution in [3.63, 3.8) is 0 Å². The quantitative estimate of drug-likeness (QED) is 0.156. The number of pyridine rings is 2. The first-order valence-corrected chi connectivity index (χ1v) is 19.5. The molecule has 4 nitrogen and oxygen atoms in total. The maximum atomic E-state index is 5.23. The molecule has 10 aromatic rings. The van der Waals surface area contributed by atoms with Crippen molar-refractivity contribution in [1.82, 2.24) is 19.9 Å². The lowest BCUT2D eigenvalue weighted by molar-refractivity contribution is 1.16. The summed E-state index contributed by atoms with van der Waals surface area (Å²) in [6, 6.07) is 73.7. The van der Waals surface area contributed by atoms with E-state index in [2.05, 4.69) is 146 Å². The van der Waals surface area contributed by atoms with Gasteiger partial charge in [0.2, 0.25) is 0 Å². The van der Waals surface area contributed by atoms with Crippen LogP contribution < -0.4 is 0 Å². The number of hydrogen-bond acceptors (Lipinski definition) is 4. The average molecular weight is 741 g/mol. The third kappa shape index (κ3) is 7.07. The van der Waals surface area contributed by atoms with E-state index in [0.29, 0.717) is 5.82 Å². The highest BCUT2D eigenvalue weighted by molar-refractivity contribution is 5.99. The molecule has 3 aromatic heterocycles. The van der Waals surface area contributed by atoms with Crippen molar-refractivity contribution in [2.24, 2.45) is 0 Å². The van der Waals surface area contributed by atoms with Crippen molar-refractivity contribution in [3.05, 3.63) is 219 Å². The minimum Gasteiger partial charge on any atom is -0.254 e. The van der Waals surface area contributed by atoms with Crippen molar-refractivity contribution < 1.29 is 0 Å². The fraction of sp³-hybridized carbons (Fsp3) is 0. The van der Waals surface area contributed by atoms with E-state index in [0.717, 1.165) is 72.6 Å². The first-order valence-electron chi connectivity index (χ1n) is 19.5. The predicted octanol–water partition coefficient (Wildman–Crippen LogP) is 13.8. The predicted molar refractivity (Wildman–Crippen MR) is 239 cm³/mol. The van der Waals surface area contributed by atoms with Crippen LogP contribution >= 0.6 is 0 Å². The van der Waals surface area contributed by atoms with Crippen LogP contribution in [0.4, 0.5) is 0 Å². The molecule has 7 aromatic carbocycles. The lowest BCUT2D eigenvalue weighted by atomic mass is 9.94. The fourth-order valence-corrected chi connectivity index (χ4v) is 7.50. The summed E-state index contributed by atoms with van der Waals surface area (Å²) in [5, 5.41) is 1.06. The Balaban J connectivity index is 1.07. The molecule has 4 heteroatoms. The largest absolute Gasteiger partial charge is 0.254 e. The second kappa shape index (κ2) is 15.4. The Labute approximate surface area is 337 Å². The van der Waals surface area contributed by atoms with Crippen molar-refractivity contribution in [3.8, 4) is 89.8 Å². The van der Waals surface area contributed by atoms with E-state index < -0.39 is 0 Å². The summed E-state index contributed by atoms with van der Waals surface area (Å²) in [5.41, 5.74) is 16.3. The third-order valence-electron chi connectivity index (χ3n) is 10.6. The second-order valence-electron chi connectivity index (χ2n) is 14.3. The zero-order valence-electron chi connectivity index (χ0n) is 31.6. The summed E-state index contributed by atoms with van der Waals surface area (Å²) in [6.07, 6.45) is 1.96. The van der Waals surface area contributed by atoms with Crippen LogP contribution in [0.15, 0.2) is 219 Å². The van der Waals surface area contributed by atoms with Crippen LogP contribution in [0.2, 0.25) is 0 Å². The molecule has 0 amide bonds. The molecule has 58 heavy (non-hydrogen) atoms. The molecule has 0 aliphatic carbocycles. The minimum atomic E-state index is 0.662. The number of rotatable bonds is 8. The fourth-order valence-electron chi connectivity index (χ4n) is 7.50. The number of fused-ring (bicyclic) bond motifs is 1. The molecule has 0 fully saturated rings. The standard InChI is InChI=1S/C54H36N4/c1-5-13-37(14-6-1)39-21-23-41(24-22-39)45-29-31-49-48(33-45)47(34-51(56-49)43-27-25-40(26-28-43)38-15-7-2-8-16-38)46-30-32-50(55-36-46)53-35-52(42-17-9-3-10-18-42)57-54(58-53)44-19-11-4-12-20-44/h1-36H. The molecule has 0 saturated carbocycles. The van der Waals surface area contributed by atoms with Crippen molar-refractivity contribution in [2.45, 2.75) is 0 Å². The van der Waals surface area contributed by atoms with Gasteiger partial charge in [0, 0.05) is 33.8 Å². The summed E-state index contributed by atoms with van der Waals surface area (Å²) in [4.78, 5) is 20.3. The van der Waals surface area contributed by atoms with E-state index in [4.69, 9.17) is 19.9 Å². The summed E-state index contributed by atoms with van der Waals surface area (Å²) >= 11 is 0. The van der Waals surface area contributed by atoms with Crippen molar-refractivity contribution in [1.29, 1.82) is 0 Å². The maximum Gasteiger partial charge on any atom is 0.160 e. The highest BCUT2D eigenvalue weighted by Gasteiger charge is 2.15. The topological polar surface area (TPSA) is 51.6 Å². The molecule has 0 spiro atoms. The summed E-state index contributed by atoms with van der Waals surface area (Å²) in [5.74, 6) is 0.662. The second-order valence-corrected chi connectivity index (χ2v) is 14.3. The van der Waals surface area contributed by atoms with Gasteiger partial charge >= 0.3 is 0 Å². The van der Waals surface area contributed by atoms with Gasteiger partial charge in [-0.25, -0.2) is 15.0 Å². The van der Waals surface area contributed by atoms with E-state index in [9.17, 15) is 0 Å². The molecule has 272 valence electrons. The molecule has 0 atom stereocenters. The lowest BCUT2D eigenvalue weighted by Crippen LogP contribution is -1.97. The van der Waals surface area contributed by atoms with E-state index >= 15 is 0 Å². The number of hydrogen-bond donors (Lipinski definition) is 0. The van der Waals surface area contributed by atoms with E-state index in [-0.39, 0.29) is 0 Å². The van der Waals surface area contributed by atoms with Crippen LogP contribution in [0.5, 0.6) is 0 Å². The molecule has 10 rings (SSSR count). The Morgan fingerprint density at radius 2 is 0.690 bits per heavy atom. The van der Waals surface area contributed by atoms with E-state index in [1.165, 1.54) is 22.3 Å². The van der Waals surface area contributed by atoms with E-state index in [1.54, 1.807) is 0 Å². The van der Waals surface area contributed by atoms with Gasteiger partial charge in [-0.2, -0.15) is 0 Å². The van der Waals surface area contributed by atoms with Crippen LogP contribution in [0, 0.1) is 0 Å². The van der Waals surface area contributed by atoms with Gasteiger partial charge in [0.1, 0.15) is 0 Å². The number of aromatic nitrogens is 4. The Kier molecular flexibility index (Phi) is 9.18. The monoisotopic (exact) mass is 740 g/mol. The van der Waals surface area contributed by atoms with Gasteiger partial charge in [-0.3, -0.25) is 4.98 Å². The minimum absolute atomic E-state index is 0.662. The number of benzene rings is 7. The first kappa shape index (κ1) is 34.7. The molecule has 0 aliphatic rings. The number of nitrogens with zero attached hydrogens (tertiary/aromatic N) is 4. The molecule has 0 saturated heterocycles. The van der Waals surface area contributed by atoms with Gasteiger partial charge in [0.15, 0.2) is 5.82 Å². The van der Waals surface area contributed by atoms with E-state index in [1.807, 2.05) is 72.9 Å². The van der Waals surface area contributed by atoms with Crippen LogP contribution in [-0.4, -0.2) is 19.9 Å². The van der Waals surface area contributed by atoms with Crippen LogP contribution in [-0.2, 0) is 0 Å². The molecule has 3 heterocycles. The molecule has 0 unspecified atom stereocenters. The zero-order valence-corrected chi connectivity index (χ0v) is 31.6. The third-order valence-corrected chi connectivity index (χ3v) is 10.6. The first-order chi connectivity index (χ1) is 28.7.